The maximum absolute atomic E-state index is 5.69. The van der Waals surface area contributed by atoms with Crippen molar-refractivity contribution in [3.8, 4) is 5.75 Å². The predicted molar refractivity (Wildman–Crippen MR) is 114 cm³/mol. The van der Waals surface area contributed by atoms with E-state index in [4.69, 9.17) is 9.47 Å². The highest BCUT2D eigenvalue weighted by Crippen LogP contribution is 2.28. The van der Waals surface area contributed by atoms with Crippen molar-refractivity contribution in [3.05, 3.63) is 29.8 Å². The largest absolute Gasteiger partial charge is 0.491 e. The van der Waals surface area contributed by atoms with Gasteiger partial charge in [-0.25, -0.2) is 0 Å². The number of ether oxygens (including phenoxy) is 2. The molecule has 1 aliphatic carbocycles. The molecular weight excluding hydrogens is 429 g/mol. The van der Waals surface area contributed by atoms with Gasteiger partial charge in [0.1, 0.15) is 5.75 Å². The minimum absolute atomic E-state index is 0. The third kappa shape index (κ3) is 8.76. The number of rotatable bonds is 9. The summed E-state index contributed by atoms with van der Waals surface area (Å²) in [6, 6.07) is 8.18. The number of aliphatic imine (C=N–C) groups is 1. The fourth-order valence-corrected chi connectivity index (χ4v) is 2.37. The molecule has 0 saturated heterocycles. The predicted octanol–water partition coefficient (Wildman–Crippen LogP) is 3.53. The summed E-state index contributed by atoms with van der Waals surface area (Å²) >= 11 is 0. The second-order valence-electron chi connectivity index (χ2n) is 6.65. The first kappa shape index (κ1) is 22.0. The van der Waals surface area contributed by atoms with Crippen molar-refractivity contribution in [3.63, 3.8) is 0 Å². The molecule has 0 bridgehead atoms. The van der Waals surface area contributed by atoms with Gasteiger partial charge in [0.2, 0.25) is 0 Å². The second kappa shape index (κ2) is 11.6. The third-order valence-electron chi connectivity index (χ3n) is 3.94. The van der Waals surface area contributed by atoms with Crippen molar-refractivity contribution in [1.29, 1.82) is 0 Å². The molecule has 1 saturated carbocycles. The number of benzene rings is 1. The van der Waals surface area contributed by atoms with Gasteiger partial charge in [-0.05, 0) is 50.3 Å². The van der Waals surface area contributed by atoms with Gasteiger partial charge < -0.3 is 19.7 Å². The average molecular weight is 461 g/mol. The monoisotopic (exact) mass is 461 g/mol. The summed E-state index contributed by atoms with van der Waals surface area (Å²) in [6.45, 7) is 7.29. The normalized spacial score (nSPS) is 14.2. The van der Waals surface area contributed by atoms with Gasteiger partial charge >= 0.3 is 0 Å². The number of guanidine groups is 1. The van der Waals surface area contributed by atoms with Crippen molar-refractivity contribution < 1.29 is 9.47 Å². The Morgan fingerprint density at radius 3 is 2.52 bits per heavy atom. The van der Waals surface area contributed by atoms with E-state index >= 15 is 0 Å². The van der Waals surface area contributed by atoms with Crippen LogP contribution in [0.2, 0.25) is 0 Å². The van der Waals surface area contributed by atoms with Gasteiger partial charge in [-0.3, -0.25) is 4.99 Å². The second-order valence-corrected chi connectivity index (χ2v) is 6.65. The van der Waals surface area contributed by atoms with Gasteiger partial charge in [0.15, 0.2) is 5.96 Å². The van der Waals surface area contributed by atoms with E-state index in [1.807, 2.05) is 40.1 Å². The molecule has 1 N–H and O–H groups in total. The highest BCUT2D eigenvalue weighted by Gasteiger charge is 2.21. The number of halogens is 1. The van der Waals surface area contributed by atoms with E-state index in [1.54, 1.807) is 0 Å². The first-order valence-corrected chi connectivity index (χ1v) is 8.83. The molecule has 0 amide bonds. The molecule has 1 aliphatic rings. The molecule has 1 aromatic rings. The summed E-state index contributed by atoms with van der Waals surface area (Å²) in [7, 11) is 3.85. The van der Waals surface area contributed by atoms with Gasteiger partial charge in [0.05, 0.1) is 12.7 Å². The maximum Gasteiger partial charge on any atom is 0.193 e. The number of hydrogen-bond donors (Lipinski definition) is 1. The highest BCUT2D eigenvalue weighted by molar-refractivity contribution is 14.0. The summed E-state index contributed by atoms with van der Waals surface area (Å²) in [5, 5.41) is 3.39. The molecule has 1 aromatic carbocycles. The number of hydrogen-bond acceptors (Lipinski definition) is 3. The molecule has 6 heteroatoms. The number of nitrogens with zero attached hydrogens (tertiary/aromatic N) is 2. The van der Waals surface area contributed by atoms with E-state index < -0.39 is 0 Å². The Morgan fingerprint density at radius 2 is 1.96 bits per heavy atom. The van der Waals surface area contributed by atoms with E-state index in [2.05, 4.69) is 27.3 Å². The van der Waals surface area contributed by atoms with Crippen LogP contribution in [0.1, 0.15) is 32.3 Å². The van der Waals surface area contributed by atoms with Crippen LogP contribution in [0.4, 0.5) is 0 Å². The standard InChI is InChI=1S/C19H31N3O2.HI/c1-15(2)24-18-9-7-16(8-10-18)13-21-19(20-3)22(4)11-12-23-14-17-5-6-17;/h7-10,15,17H,5-6,11-14H2,1-4H3,(H,20,21);1H. The third-order valence-corrected chi connectivity index (χ3v) is 3.94. The van der Waals surface area contributed by atoms with Crippen LogP contribution in [0, 0.1) is 5.92 Å². The van der Waals surface area contributed by atoms with E-state index in [0.29, 0.717) is 0 Å². The summed E-state index contributed by atoms with van der Waals surface area (Å²) in [4.78, 5) is 6.44. The Morgan fingerprint density at radius 1 is 1.28 bits per heavy atom. The van der Waals surface area contributed by atoms with Crippen molar-refractivity contribution in [2.75, 3.05) is 33.9 Å². The minimum Gasteiger partial charge on any atom is -0.491 e. The molecule has 2 rings (SSSR count). The molecule has 0 atom stereocenters. The fourth-order valence-electron chi connectivity index (χ4n) is 2.37. The maximum atomic E-state index is 5.69. The zero-order valence-electron chi connectivity index (χ0n) is 15.8. The lowest BCUT2D eigenvalue weighted by molar-refractivity contribution is 0.115. The molecule has 0 aromatic heterocycles. The minimum atomic E-state index is 0. The quantitative estimate of drug-likeness (QED) is 0.265. The molecule has 1 fully saturated rings. The summed E-state index contributed by atoms with van der Waals surface area (Å²) in [5.74, 6) is 2.60. The highest BCUT2D eigenvalue weighted by atomic mass is 127. The summed E-state index contributed by atoms with van der Waals surface area (Å²) < 4.78 is 11.4. The van der Waals surface area contributed by atoms with E-state index in [0.717, 1.165) is 43.9 Å². The van der Waals surface area contributed by atoms with Gasteiger partial charge in [-0.1, -0.05) is 12.1 Å². The number of likely N-dealkylation sites (N-methyl/N-ethyl adjacent to an activating group) is 1. The molecule has 0 unspecified atom stereocenters. The Kier molecular flexibility index (Phi) is 10.2. The van der Waals surface area contributed by atoms with Gasteiger partial charge in [-0.2, -0.15) is 0 Å². The lowest BCUT2D eigenvalue weighted by Crippen LogP contribution is -2.40. The lowest BCUT2D eigenvalue weighted by atomic mass is 10.2. The van der Waals surface area contributed by atoms with Crippen LogP contribution in [0.15, 0.2) is 29.3 Å². The van der Waals surface area contributed by atoms with Crippen LogP contribution in [0.3, 0.4) is 0 Å². The molecule has 25 heavy (non-hydrogen) atoms. The van der Waals surface area contributed by atoms with Crippen LogP contribution >= 0.6 is 24.0 Å². The molecule has 0 radical (unpaired) electrons. The lowest BCUT2D eigenvalue weighted by Gasteiger charge is -2.22. The first-order chi connectivity index (χ1) is 11.6. The van der Waals surface area contributed by atoms with E-state index in [1.165, 1.54) is 18.4 Å². The Hall–Kier alpha value is -1.02. The van der Waals surface area contributed by atoms with Crippen LogP contribution < -0.4 is 10.1 Å². The van der Waals surface area contributed by atoms with Crippen molar-refractivity contribution in [1.82, 2.24) is 10.2 Å². The van der Waals surface area contributed by atoms with Gasteiger partial charge in [0.25, 0.3) is 0 Å². The van der Waals surface area contributed by atoms with Crippen molar-refractivity contribution in [2.24, 2.45) is 10.9 Å². The van der Waals surface area contributed by atoms with E-state index in [-0.39, 0.29) is 30.1 Å². The van der Waals surface area contributed by atoms with Crippen LogP contribution in [-0.4, -0.2) is 50.8 Å². The molecular formula is C19H32IN3O2. The van der Waals surface area contributed by atoms with Gasteiger partial charge in [-0.15, -0.1) is 24.0 Å². The average Bonchev–Trinajstić information content (AvgIpc) is 3.37. The number of nitrogens with one attached hydrogen (secondary N) is 1. The molecule has 0 aliphatic heterocycles. The Bertz CT molecular complexity index is 516. The Labute approximate surface area is 169 Å². The van der Waals surface area contributed by atoms with Crippen LogP contribution in [0.5, 0.6) is 5.75 Å². The zero-order chi connectivity index (χ0) is 17.4. The zero-order valence-corrected chi connectivity index (χ0v) is 18.2. The smallest absolute Gasteiger partial charge is 0.193 e. The molecule has 5 nitrogen and oxygen atoms in total. The van der Waals surface area contributed by atoms with Crippen LogP contribution in [0.25, 0.3) is 0 Å². The summed E-state index contributed by atoms with van der Waals surface area (Å²) in [6.07, 6.45) is 2.86. The van der Waals surface area contributed by atoms with Gasteiger partial charge in [0, 0.05) is 33.8 Å². The fraction of sp³-hybridized carbons (Fsp3) is 0.632. The topological polar surface area (TPSA) is 46.1 Å². The Balaban J connectivity index is 0.00000312. The van der Waals surface area contributed by atoms with Crippen LogP contribution in [-0.2, 0) is 11.3 Å². The summed E-state index contributed by atoms with van der Waals surface area (Å²) in [5.41, 5.74) is 1.20. The van der Waals surface area contributed by atoms with E-state index in [9.17, 15) is 0 Å². The molecule has 0 spiro atoms. The van der Waals surface area contributed by atoms with Crippen molar-refractivity contribution in [2.45, 2.75) is 39.3 Å². The van der Waals surface area contributed by atoms with Crippen molar-refractivity contribution >= 4 is 29.9 Å². The first-order valence-electron chi connectivity index (χ1n) is 8.83. The molecule has 142 valence electrons. The molecule has 0 heterocycles. The SMILES string of the molecule is CN=C(NCc1ccc(OC(C)C)cc1)N(C)CCOCC1CC1.I.